The lowest BCUT2D eigenvalue weighted by Crippen LogP contribution is -2.17. The molecule has 0 aliphatic heterocycles. The summed E-state index contributed by atoms with van der Waals surface area (Å²) in [5.41, 5.74) is 0.500. The van der Waals surface area contributed by atoms with Gasteiger partial charge in [0.25, 0.3) is 40.5 Å². The number of rotatable bonds is 14. The summed E-state index contributed by atoms with van der Waals surface area (Å²) >= 11 is 0. The van der Waals surface area contributed by atoms with Gasteiger partial charge in [0.1, 0.15) is 31.1 Å². The van der Waals surface area contributed by atoms with E-state index in [2.05, 4.69) is 46.0 Å². The van der Waals surface area contributed by atoms with Crippen LogP contribution in [-0.4, -0.2) is 81.1 Å². The predicted molar refractivity (Wildman–Crippen MR) is 240 cm³/mol. The van der Waals surface area contributed by atoms with Crippen LogP contribution in [0.15, 0.2) is 130 Å². The number of anilines is 4. The van der Waals surface area contributed by atoms with Crippen LogP contribution in [0.3, 0.4) is 0 Å². The minimum absolute atomic E-state index is 0.115. The Morgan fingerprint density at radius 3 is 1.22 bits per heavy atom. The van der Waals surface area contributed by atoms with Crippen molar-refractivity contribution in [2.24, 2.45) is 20.5 Å². The molecule has 7 rings (SSSR count). The molecule has 28 heteroatoms. The van der Waals surface area contributed by atoms with Gasteiger partial charge in [-0.2, -0.15) is 64.1 Å². The molecule has 0 saturated carbocycles. The van der Waals surface area contributed by atoms with E-state index in [0.717, 1.165) is 24.3 Å². The summed E-state index contributed by atoms with van der Waals surface area (Å²) in [5, 5.41) is 21.5. The average Bonchev–Trinajstić information content (AvgIpc) is 3.23. The van der Waals surface area contributed by atoms with Crippen LogP contribution in [0.1, 0.15) is 11.1 Å². The highest BCUT2D eigenvalue weighted by molar-refractivity contribution is 7.87. The van der Waals surface area contributed by atoms with E-state index < -0.39 is 65.7 Å². The molecule has 67 heavy (non-hydrogen) atoms. The van der Waals surface area contributed by atoms with Gasteiger partial charge in [0.15, 0.2) is 0 Å². The Bertz CT molecular complexity index is 3550. The fraction of sp³-hybridized carbons (Fsp3) is 0.103. The van der Waals surface area contributed by atoms with Gasteiger partial charge in [0, 0.05) is 33.7 Å². The minimum atomic E-state index is -4.91. The van der Waals surface area contributed by atoms with Crippen molar-refractivity contribution in [1.29, 1.82) is 0 Å². The SMILES string of the molecule is COc1cc(N=Nc2cc(S(=O)(=O)O)c3cccc(S(=O)(=O)O)c3c2)c(C)cc1Nc1nc(=O)nc(Nc2cc(C)c(/N=N/c3cc(S(=O)(=O)O)c4cccc(S(=O)(=O)O)c4c3)cc2OC)[nH]1. The third-order valence-corrected chi connectivity index (χ3v) is 13.3. The van der Waals surface area contributed by atoms with E-state index >= 15 is 0 Å². The van der Waals surface area contributed by atoms with E-state index in [1.807, 2.05) is 0 Å². The monoisotopic (exact) mass is 995 g/mol. The molecule has 348 valence electrons. The van der Waals surface area contributed by atoms with E-state index in [0.29, 0.717) is 11.1 Å². The van der Waals surface area contributed by atoms with E-state index in [1.165, 1.54) is 62.8 Å². The molecule has 24 nitrogen and oxygen atoms in total. The first-order valence-corrected chi connectivity index (χ1v) is 24.4. The first-order chi connectivity index (χ1) is 31.3. The summed E-state index contributed by atoms with van der Waals surface area (Å²) < 4.78 is 148. The lowest BCUT2D eigenvalue weighted by Gasteiger charge is -2.15. The zero-order valence-corrected chi connectivity index (χ0v) is 37.9. The van der Waals surface area contributed by atoms with Crippen molar-refractivity contribution >= 4 is 108 Å². The Morgan fingerprint density at radius 2 is 0.881 bits per heavy atom. The van der Waals surface area contributed by atoms with Crippen molar-refractivity contribution in [2.45, 2.75) is 33.4 Å². The van der Waals surface area contributed by atoms with Crippen LogP contribution in [0.2, 0.25) is 0 Å². The second kappa shape index (κ2) is 17.8. The molecule has 0 fully saturated rings. The summed E-state index contributed by atoms with van der Waals surface area (Å²) in [7, 11) is -16.8. The molecule has 0 unspecified atom stereocenters. The Balaban J connectivity index is 1.16. The molecule has 7 N–H and O–H groups in total. The number of nitrogens with one attached hydrogen (secondary N) is 3. The molecular formula is C39H33N9O15S4. The Hall–Kier alpha value is -7.31. The van der Waals surface area contributed by atoms with Crippen molar-refractivity contribution in [3.05, 3.63) is 107 Å². The van der Waals surface area contributed by atoms with Crippen LogP contribution in [0, 0.1) is 13.8 Å². The van der Waals surface area contributed by atoms with Gasteiger partial charge in [-0.1, -0.05) is 24.3 Å². The fourth-order valence-corrected chi connectivity index (χ4v) is 9.54. The summed E-state index contributed by atoms with van der Waals surface area (Å²) in [4.78, 5) is 20.7. The smallest absolute Gasteiger partial charge is 0.373 e. The minimum Gasteiger partial charge on any atom is -0.494 e. The van der Waals surface area contributed by atoms with E-state index in [4.69, 9.17) is 9.47 Å². The predicted octanol–water partition coefficient (Wildman–Crippen LogP) is 7.41. The van der Waals surface area contributed by atoms with Crippen LogP contribution < -0.4 is 25.8 Å². The molecule has 0 bridgehead atoms. The molecule has 0 spiro atoms. The zero-order valence-electron chi connectivity index (χ0n) is 34.7. The fourth-order valence-electron chi connectivity index (χ4n) is 6.70. The summed E-state index contributed by atoms with van der Waals surface area (Å²) in [5.74, 6) is 0.0725. The Morgan fingerprint density at radius 1 is 0.507 bits per heavy atom. The molecule has 1 heterocycles. The molecule has 0 atom stereocenters. The number of hydrogen-bond donors (Lipinski definition) is 7. The number of benzene rings is 6. The van der Waals surface area contributed by atoms with Crippen LogP contribution >= 0.6 is 0 Å². The number of aryl methyl sites for hydroxylation is 2. The van der Waals surface area contributed by atoms with E-state index in [9.17, 15) is 56.7 Å². The third-order valence-electron chi connectivity index (χ3n) is 9.66. The lowest BCUT2D eigenvalue weighted by molar-refractivity contribution is 0.417. The number of azo groups is 2. The molecular weight excluding hydrogens is 963 g/mol. The number of nitrogens with zero attached hydrogens (tertiary/aromatic N) is 6. The second-order valence-electron chi connectivity index (χ2n) is 14.1. The molecule has 0 aliphatic rings. The number of ether oxygens (including phenoxy) is 2. The van der Waals surface area contributed by atoms with Gasteiger partial charge in [-0.15, -0.1) is 0 Å². The molecule has 0 aliphatic carbocycles. The van der Waals surface area contributed by atoms with Crippen molar-refractivity contribution in [3.8, 4) is 11.5 Å². The van der Waals surface area contributed by atoms with Gasteiger partial charge in [-0.3, -0.25) is 23.2 Å². The van der Waals surface area contributed by atoms with Gasteiger partial charge in [0.2, 0.25) is 11.9 Å². The molecule has 7 aromatic rings. The van der Waals surface area contributed by atoms with Crippen molar-refractivity contribution in [2.75, 3.05) is 24.9 Å². The molecule has 0 amide bonds. The van der Waals surface area contributed by atoms with Crippen molar-refractivity contribution in [1.82, 2.24) is 15.0 Å². The normalized spacial score (nSPS) is 12.6. The van der Waals surface area contributed by atoms with Gasteiger partial charge in [-0.25, -0.2) is 4.79 Å². The number of aromatic amines is 1. The van der Waals surface area contributed by atoms with Crippen LogP contribution in [0.5, 0.6) is 11.5 Å². The summed E-state index contributed by atoms with van der Waals surface area (Å²) in [6.45, 7) is 3.26. The number of methoxy groups -OCH3 is 2. The largest absolute Gasteiger partial charge is 0.494 e. The standard InChI is InChI=1S/C39H33N9O15S4/c1-19-11-29(31(62-3)17-27(19)47-45-21-13-25-23(35(15-21)66(56,57)58)7-5-9-33(25)64(50,51)52)40-37-42-38(44-39(49)43-37)41-30-12-20(2)28(18-32(30)63-4)48-46-22-14-26-24(36(16-22)67(59,60)61)8-6-10-34(26)65(53,54)55/h5-18H,1-4H3,(H,50,51,52)(H,53,54,55)(H,56,57,58)(H,59,60,61)(H3,40,41,42,43,44,49)/b47-45+,48-46?. The maximum absolute atomic E-state index is 12.7. The Kier molecular flexibility index (Phi) is 12.7. The first kappa shape index (κ1) is 47.6. The van der Waals surface area contributed by atoms with Gasteiger partial charge in [-0.05, 0) is 73.5 Å². The van der Waals surface area contributed by atoms with Gasteiger partial charge >= 0.3 is 5.69 Å². The van der Waals surface area contributed by atoms with Crippen LogP contribution in [0.25, 0.3) is 21.5 Å². The highest BCUT2D eigenvalue weighted by Crippen LogP contribution is 2.39. The number of hydrogen-bond acceptors (Lipinski definition) is 19. The quantitative estimate of drug-likeness (QED) is 0.0411. The number of H-pyrrole nitrogens is 1. The Labute approximate surface area is 379 Å². The topological polar surface area (TPSA) is 368 Å². The zero-order chi connectivity index (χ0) is 48.8. The molecule has 0 radical (unpaired) electrons. The molecule has 0 saturated heterocycles. The highest BCUT2D eigenvalue weighted by atomic mass is 32.2. The molecule has 6 aromatic carbocycles. The first-order valence-electron chi connectivity index (χ1n) is 18.6. The van der Waals surface area contributed by atoms with E-state index in [1.54, 1.807) is 26.0 Å². The van der Waals surface area contributed by atoms with Gasteiger partial charge < -0.3 is 20.1 Å². The number of fused-ring (bicyclic) bond motifs is 2. The van der Waals surface area contributed by atoms with Crippen molar-refractivity contribution < 1.29 is 61.4 Å². The highest BCUT2D eigenvalue weighted by Gasteiger charge is 2.23. The summed E-state index contributed by atoms with van der Waals surface area (Å²) in [6.07, 6.45) is 0. The van der Waals surface area contributed by atoms with E-state index in [-0.39, 0.29) is 79.1 Å². The maximum Gasteiger partial charge on any atom is 0.373 e. The summed E-state index contributed by atoms with van der Waals surface area (Å²) in [6, 6.07) is 17.2. The lowest BCUT2D eigenvalue weighted by atomic mass is 10.1. The van der Waals surface area contributed by atoms with Crippen LogP contribution in [0.4, 0.5) is 46.0 Å². The van der Waals surface area contributed by atoms with Crippen LogP contribution in [-0.2, 0) is 40.5 Å². The third kappa shape index (κ3) is 10.4. The second-order valence-corrected chi connectivity index (χ2v) is 19.7. The molecule has 1 aromatic heterocycles. The number of aromatic nitrogens is 3. The maximum atomic E-state index is 12.7. The van der Waals surface area contributed by atoms with Crippen molar-refractivity contribution in [3.63, 3.8) is 0 Å². The average molecular weight is 996 g/mol. The van der Waals surface area contributed by atoms with Gasteiger partial charge in [0.05, 0.1) is 48.3 Å².